The SMILES string of the molecule is Cc1ncc(-c2c(C)ncnc2N2CCOCC2)cc1NS(=O)(=O)c1ccco1. The van der Waals surface area contributed by atoms with Gasteiger partial charge < -0.3 is 14.1 Å². The molecule has 4 rings (SSSR count). The Bertz CT molecular complexity index is 1110. The van der Waals surface area contributed by atoms with Crippen molar-refractivity contribution >= 4 is 21.5 Å². The van der Waals surface area contributed by atoms with Crippen LogP contribution in [-0.2, 0) is 14.8 Å². The lowest BCUT2D eigenvalue weighted by atomic mass is 10.0. The van der Waals surface area contributed by atoms with Gasteiger partial charge in [-0.1, -0.05) is 0 Å². The maximum Gasteiger partial charge on any atom is 0.295 e. The van der Waals surface area contributed by atoms with Crippen molar-refractivity contribution in [2.75, 3.05) is 35.9 Å². The number of pyridine rings is 1. The minimum absolute atomic E-state index is 0.157. The highest BCUT2D eigenvalue weighted by Crippen LogP contribution is 2.33. The average molecular weight is 415 g/mol. The van der Waals surface area contributed by atoms with Crippen LogP contribution >= 0.6 is 0 Å². The zero-order valence-electron chi connectivity index (χ0n) is 16.1. The van der Waals surface area contributed by atoms with Crippen LogP contribution in [0.15, 0.2) is 46.5 Å². The van der Waals surface area contributed by atoms with Crippen molar-refractivity contribution in [3.8, 4) is 11.1 Å². The van der Waals surface area contributed by atoms with Gasteiger partial charge in [0.1, 0.15) is 12.1 Å². The first-order valence-corrected chi connectivity index (χ1v) is 10.6. The Hall–Kier alpha value is -2.98. The van der Waals surface area contributed by atoms with Gasteiger partial charge in [0.2, 0.25) is 5.09 Å². The summed E-state index contributed by atoms with van der Waals surface area (Å²) in [6, 6.07) is 4.66. The normalized spacial score (nSPS) is 14.8. The minimum Gasteiger partial charge on any atom is -0.451 e. The first-order valence-electron chi connectivity index (χ1n) is 9.13. The maximum absolute atomic E-state index is 12.6. The second-order valence-electron chi connectivity index (χ2n) is 6.65. The summed E-state index contributed by atoms with van der Waals surface area (Å²) in [7, 11) is -3.85. The fourth-order valence-corrected chi connectivity index (χ4v) is 4.24. The van der Waals surface area contributed by atoms with E-state index in [0.29, 0.717) is 24.6 Å². The third-order valence-electron chi connectivity index (χ3n) is 4.71. The predicted octanol–water partition coefficient (Wildman–Crippen LogP) is 2.39. The van der Waals surface area contributed by atoms with Crippen LogP contribution in [0.25, 0.3) is 11.1 Å². The second kappa shape index (κ2) is 7.80. The summed E-state index contributed by atoms with van der Waals surface area (Å²) in [6.45, 7) is 6.33. The van der Waals surface area contributed by atoms with Gasteiger partial charge in [0.15, 0.2) is 0 Å². The Morgan fingerprint density at radius 1 is 1.10 bits per heavy atom. The van der Waals surface area contributed by atoms with E-state index in [4.69, 9.17) is 9.15 Å². The Kier molecular flexibility index (Phi) is 5.20. The number of anilines is 2. The van der Waals surface area contributed by atoms with E-state index >= 15 is 0 Å². The van der Waals surface area contributed by atoms with Gasteiger partial charge in [-0.15, -0.1) is 0 Å². The number of morpholine rings is 1. The number of ether oxygens (including phenoxy) is 1. The third-order valence-corrected chi connectivity index (χ3v) is 5.96. The molecule has 0 saturated carbocycles. The highest BCUT2D eigenvalue weighted by Gasteiger charge is 2.22. The van der Waals surface area contributed by atoms with Crippen molar-refractivity contribution in [1.82, 2.24) is 15.0 Å². The van der Waals surface area contributed by atoms with Crippen molar-refractivity contribution in [2.24, 2.45) is 0 Å². The summed E-state index contributed by atoms with van der Waals surface area (Å²) >= 11 is 0. The van der Waals surface area contributed by atoms with Crippen LogP contribution in [0.2, 0.25) is 0 Å². The van der Waals surface area contributed by atoms with Crippen molar-refractivity contribution in [3.05, 3.63) is 48.4 Å². The number of hydrogen-bond acceptors (Lipinski definition) is 8. The van der Waals surface area contributed by atoms with Crippen LogP contribution < -0.4 is 9.62 Å². The van der Waals surface area contributed by atoms with Crippen LogP contribution in [0.5, 0.6) is 0 Å². The van der Waals surface area contributed by atoms with Gasteiger partial charge in [0.05, 0.1) is 36.6 Å². The molecule has 10 heteroatoms. The molecule has 0 aliphatic carbocycles. The summed E-state index contributed by atoms with van der Waals surface area (Å²) in [6.07, 6.45) is 4.55. The van der Waals surface area contributed by atoms with E-state index in [-0.39, 0.29) is 5.09 Å². The Balaban J connectivity index is 1.75. The molecule has 4 heterocycles. The van der Waals surface area contributed by atoms with E-state index < -0.39 is 10.0 Å². The fourth-order valence-electron chi connectivity index (χ4n) is 3.20. The molecular weight excluding hydrogens is 394 g/mol. The number of rotatable bonds is 5. The first kappa shape index (κ1) is 19.3. The number of aryl methyl sites for hydroxylation is 2. The lowest BCUT2D eigenvalue weighted by Gasteiger charge is -2.29. The molecule has 0 unspecified atom stereocenters. The van der Waals surface area contributed by atoms with Gasteiger partial charge in [-0.25, -0.2) is 9.97 Å². The Labute approximate surface area is 168 Å². The van der Waals surface area contributed by atoms with Gasteiger partial charge in [0.25, 0.3) is 10.0 Å². The highest BCUT2D eigenvalue weighted by molar-refractivity contribution is 7.92. The molecule has 0 bridgehead atoms. The predicted molar refractivity (Wildman–Crippen MR) is 107 cm³/mol. The van der Waals surface area contributed by atoms with E-state index in [1.807, 2.05) is 6.92 Å². The highest BCUT2D eigenvalue weighted by atomic mass is 32.2. The number of aromatic nitrogens is 3. The topological polar surface area (TPSA) is 110 Å². The van der Waals surface area contributed by atoms with Crippen LogP contribution in [-0.4, -0.2) is 49.7 Å². The minimum atomic E-state index is -3.85. The van der Waals surface area contributed by atoms with Crippen molar-refractivity contribution < 1.29 is 17.6 Å². The van der Waals surface area contributed by atoms with Crippen molar-refractivity contribution in [1.29, 1.82) is 0 Å². The molecule has 1 aliphatic rings. The lowest BCUT2D eigenvalue weighted by molar-refractivity contribution is 0.122. The van der Waals surface area contributed by atoms with Crippen LogP contribution in [0, 0.1) is 13.8 Å². The Morgan fingerprint density at radius 2 is 1.90 bits per heavy atom. The average Bonchev–Trinajstić information content (AvgIpc) is 3.26. The molecule has 3 aromatic heterocycles. The summed E-state index contributed by atoms with van der Waals surface area (Å²) in [5.41, 5.74) is 3.25. The number of furan rings is 1. The van der Waals surface area contributed by atoms with Crippen LogP contribution in [0.3, 0.4) is 0 Å². The van der Waals surface area contributed by atoms with Crippen molar-refractivity contribution in [3.63, 3.8) is 0 Å². The molecule has 1 saturated heterocycles. The smallest absolute Gasteiger partial charge is 0.295 e. The largest absolute Gasteiger partial charge is 0.451 e. The monoisotopic (exact) mass is 415 g/mol. The van der Waals surface area contributed by atoms with Gasteiger partial charge in [-0.3, -0.25) is 9.71 Å². The quantitative estimate of drug-likeness (QED) is 0.676. The molecule has 0 aromatic carbocycles. The lowest BCUT2D eigenvalue weighted by Crippen LogP contribution is -2.37. The zero-order chi connectivity index (χ0) is 20.4. The number of nitrogens with zero attached hydrogens (tertiary/aromatic N) is 4. The van der Waals surface area contributed by atoms with Crippen molar-refractivity contribution in [2.45, 2.75) is 18.9 Å². The Morgan fingerprint density at radius 3 is 2.62 bits per heavy atom. The molecule has 1 aliphatic heterocycles. The van der Waals surface area contributed by atoms with Crippen LogP contribution in [0.1, 0.15) is 11.4 Å². The van der Waals surface area contributed by atoms with E-state index in [1.54, 1.807) is 19.2 Å². The molecule has 0 amide bonds. The molecule has 0 radical (unpaired) electrons. The van der Waals surface area contributed by atoms with E-state index in [2.05, 4.69) is 24.6 Å². The molecular formula is C19H21N5O4S. The third kappa shape index (κ3) is 3.94. The molecule has 29 heavy (non-hydrogen) atoms. The molecule has 0 atom stereocenters. The van der Waals surface area contributed by atoms with Gasteiger partial charge >= 0.3 is 0 Å². The summed E-state index contributed by atoms with van der Waals surface area (Å²) in [5, 5.41) is -0.157. The second-order valence-corrected chi connectivity index (χ2v) is 8.27. The van der Waals surface area contributed by atoms with E-state index in [0.717, 1.165) is 35.7 Å². The first-order chi connectivity index (χ1) is 14.0. The molecule has 9 nitrogen and oxygen atoms in total. The molecule has 0 spiro atoms. The summed E-state index contributed by atoms with van der Waals surface area (Å²) < 4.78 is 38.2. The van der Waals surface area contributed by atoms with Gasteiger partial charge in [0, 0.05) is 30.4 Å². The maximum atomic E-state index is 12.6. The molecule has 1 N–H and O–H groups in total. The molecule has 152 valence electrons. The summed E-state index contributed by atoms with van der Waals surface area (Å²) in [5.74, 6) is 0.784. The number of hydrogen-bond donors (Lipinski definition) is 1. The standard InChI is InChI=1S/C19H21N5O4S/c1-13-16(23-29(25,26)17-4-3-7-28-17)10-15(11-20-13)18-14(2)21-12-22-19(18)24-5-8-27-9-6-24/h3-4,7,10-12,23H,5-6,8-9H2,1-2H3. The molecule has 3 aromatic rings. The van der Waals surface area contributed by atoms with Crippen LogP contribution in [0.4, 0.5) is 11.5 Å². The zero-order valence-corrected chi connectivity index (χ0v) is 16.9. The van der Waals surface area contributed by atoms with Gasteiger partial charge in [-0.2, -0.15) is 8.42 Å². The number of nitrogens with one attached hydrogen (secondary N) is 1. The fraction of sp³-hybridized carbons (Fsp3) is 0.316. The van der Waals surface area contributed by atoms with E-state index in [1.165, 1.54) is 24.7 Å². The van der Waals surface area contributed by atoms with E-state index in [9.17, 15) is 8.42 Å². The number of sulfonamides is 1. The summed E-state index contributed by atoms with van der Waals surface area (Å²) in [4.78, 5) is 15.3. The molecule has 1 fully saturated rings. The van der Waals surface area contributed by atoms with Gasteiger partial charge in [-0.05, 0) is 32.0 Å².